The summed E-state index contributed by atoms with van der Waals surface area (Å²) in [5.41, 5.74) is -0.435. The number of nitrogens with one attached hydrogen (secondary N) is 2. The number of halogens is 3. The first-order chi connectivity index (χ1) is 12.6. The van der Waals surface area contributed by atoms with Crippen LogP contribution in [-0.2, 0) is 6.18 Å². The molecule has 2 heterocycles. The minimum Gasteiger partial charge on any atom is -0.322 e. The summed E-state index contributed by atoms with van der Waals surface area (Å²) >= 11 is 0. The van der Waals surface area contributed by atoms with E-state index in [2.05, 4.69) is 15.5 Å². The summed E-state index contributed by atoms with van der Waals surface area (Å²) in [4.78, 5) is 23.5. The largest absolute Gasteiger partial charge is 0.434 e. The van der Waals surface area contributed by atoms with Gasteiger partial charge in [0.2, 0.25) is 0 Å². The number of hydrogen-bond acceptors (Lipinski definition) is 4. The van der Waals surface area contributed by atoms with Crippen LogP contribution >= 0.6 is 0 Å². The lowest BCUT2D eigenvalue weighted by Crippen LogP contribution is -2.21. The number of aryl methyl sites for hydroxylation is 2. The smallest absolute Gasteiger partial charge is 0.322 e. The highest BCUT2D eigenvalue weighted by molar-refractivity contribution is 6.05. The summed E-state index contributed by atoms with van der Waals surface area (Å²) < 4.78 is 41.2. The van der Waals surface area contributed by atoms with Gasteiger partial charge in [0.25, 0.3) is 11.5 Å². The van der Waals surface area contributed by atoms with Crippen LogP contribution in [0.25, 0.3) is 5.82 Å². The summed E-state index contributed by atoms with van der Waals surface area (Å²) in [5.74, 6) is -1.23. The third-order valence-electron chi connectivity index (χ3n) is 3.64. The van der Waals surface area contributed by atoms with Gasteiger partial charge >= 0.3 is 6.18 Å². The molecule has 0 aliphatic rings. The molecular weight excluding hydrogens is 363 g/mol. The highest BCUT2D eigenvalue weighted by Gasteiger charge is 2.41. The van der Waals surface area contributed by atoms with Crippen LogP contribution in [0.15, 0.2) is 41.3 Å². The minimum absolute atomic E-state index is 0.271. The molecule has 1 aromatic carbocycles. The van der Waals surface area contributed by atoms with Crippen molar-refractivity contribution in [3.63, 3.8) is 0 Å². The van der Waals surface area contributed by atoms with Crippen molar-refractivity contribution in [2.24, 2.45) is 0 Å². The third-order valence-corrected chi connectivity index (χ3v) is 3.64. The van der Waals surface area contributed by atoms with Crippen molar-refractivity contribution in [2.45, 2.75) is 20.0 Å². The van der Waals surface area contributed by atoms with E-state index in [1.165, 1.54) is 0 Å². The van der Waals surface area contributed by atoms with Crippen molar-refractivity contribution in [3.8, 4) is 5.82 Å². The summed E-state index contributed by atoms with van der Waals surface area (Å²) in [6.45, 7) is 3.62. The molecule has 27 heavy (non-hydrogen) atoms. The second-order valence-electron chi connectivity index (χ2n) is 5.93. The lowest BCUT2D eigenvalue weighted by Gasteiger charge is -2.12. The number of anilines is 1. The molecule has 3 rings (SSSR count). The van der Waals surface area contributed by atoms with Crippen molar-refractivity contribution in [3.05, 3.63) is 69.3 Å². The lowest BCUT2D eigenvalue weighted by molar-refractivity contribution is -0.143. The van der Waals surface area contributed by atoms with Gasteiger partial charge in [0.1, 0.15) is 0 Å². The van der Waals surface area contributed by atoms with Crippen molar-refractivity contribution < 1.29 is 18.0 Å². The molecule has 0 aliphatic heterocycles. The Kier molecular flexibility index (Phi) is 4.56. The zero-order valence-electron chi connectivity index (χ0n) is 14.3. The van der Waals surface area contributed by atoms with E-state index in [0.717, 1.165) is 29.5 Å². The zero-order chi connectivity index (χ0) is 19.8. The number of hydrogen-bond donors (Lipinski definition) is 2. The van der Waals surface area contributed by atoms with E-state index < -0.39 is 28.9 Å². The maximum Gasteiger partial charge on any atom is 0.434 e. The molecule has 0 unspecified atom stereocenters. The monoisotopic (exact) mass is 377 g/mol. The maximum absolute atomic E-state index is 13.6. The first-order valence-electron chi connectivity index (χ1n) is 7.76. The summed E-state index contributed by atoms with van der Waals surface area (Å²) in [6, 6.07) is 7.25. The van der Waals surface area contributed by atoms with Crippen LogP contribution in [0.1, 0.15) is 27.2 Å². The molecule has 0 radical (unpaired) electrons. The van der Waals surface area contributed by atoms with Gasteiger partial charge in [0.15, 0.2) is 11.5 Å². The van der Waals surface area contributed by atoms with E-state index in [1.807, 2.05) is 25.0 Å². The molecular formula is C17H14F3N5O2. The Morgan fingerprint density at radius 2 is 1.81 bits per heavy atom. The summed E-state index contributed by atoms with van der Waals surface area (Å²) in [7, 11) is 0. The Labute approximate surface area is 150 Å². The van der Waals surface area contributed by atoms with Crippen LogP contribution in [0.5, 0.6) is 0 Å². The number of benzene rings is 1. The van der Waals surface area contributed by atoms with Crippen LogP contribution in [0.3, 0.4) is 0 Å². The van der Waals surface area contributed by atoms with Crippen LogP contribution in [0, 0.1) is 13.8 Å². The summed E-state index contributed by atoms with van der Waals surface area (Å²) in [5, 5.41) is 11.7. The van der Waals surface area contributed by atoms with E-state index in [-0.39, 0.29) is 5.82 Å². The van der Waals surface area contributed by atoms with E-state index in [9.17, 15) is 22.8 Å². The lowest BCUT2D eigenvalue weighted by atomic mass is 10.1. The predicted molar refractivity (Wildman–Crippen MR) is 90.9 cm³/mol. The number of nitrogens with zero attached hydrogens (tertiary/aromatic N) is 3. The number of aromatic amines is 1. The normalized spacial score (nSPS) is 11.4. The molecule has 140 valence electrons. The number of alkyl halides is 3. The van der Waals surface area contributed by atoms with Crippen LogP contribution < -0.4 is 10.9 Å². The van der Waals surface area contributed by atoms with Crippen molar-refractivity contribution in [2.75, 3.05) is 5.32 Å². The van der Waals surface area contributed by atoms with E-state index in [0.29, 0.717) is 10.4 Å². The summed E-state index contributed by atoms with van der Waals surface area (Å²) in [6.07, 6.45) is -4.06. The molecule has 0 aliphatic carbocycles. The molecule has 7 nitrogen and oxygen atoms in total. The number of carbonyl (C=O) groups excluding carboxylic acids is 1. The molecule has 0 bridgehead atoms. The van der Waals surface area contributed by atoms with Crippen molar-refractivity contribution in [1.29, 1.82) is 0 Å². The van der Waals surface area contributed by atoms with Gasteiger partial charge in [-0.1, -0.05) is 6.07 Å². The topological polar surface area (TPSA) is 92.7 Å². The van der Waals surface area contributed by atoms with Gasteiger partial charge in [-0.2, -0.15) is 23.4 Å². The zero-order valence-corrected chi connectivity index (χ0v) is 14.3. The molecule has 0 saturated heterocycles. The van der Waals surface area contributed by atoms with Crippen LogP contribution in [-0.4, -0.2) is 25.9 Å². The quantitative estimate of drug-likeness (QED) is 0.734. The molecule has 10 heteroatoms. The van der Waals surface area contributed by atoms with Crippen molar-refractivity contribution >= 4 is 11.6 Å². The Balaban J connectivity index is 2.03. The van der Waals surface area contributed by atoms with Gasteiger partial charge in [-0.15, -0.1) is 0 Å². The Morgan fingerprint density at radius 3 is 2.37 bits per heavy atom. The fourth-order valence-electron chi connectivity index (χ4n) is 2.66. The molecule has 2 aromatic heterocycles. The number of H-pyrrole nitrogens is 1. The SMILES string of the molecule is Cc1cc(C)cc(NC(=O)c2cnn(-c3ccc(=O)[nH]n3)c2C(F)(F)F)c1. The first-order valence-corrected chi connectivity index (χ1v) is 7.76. The van der Waals surface area contributed by atoms with Crippen molar-refractivity contribution in [1.82, 2.24) is 20.0 Å². The minimum atomic E-state index is -4.87. The number of carbonyl (C=O) groups is 1. The molecule has 0 fully saturated rings. The number of rotatable bonds is 3. The fraction of sp³-hybridized carbons (Fsp3) is 0.176. The molecule has 2 N–H and O–H groups in total. The maximum atomic E-state index is 13.6. The Bertz CT molecular complexity index is 1030. The standard InChI is InChI=1S/C17H14F3N5O2/c1-9-5-10(2)7-11(6-9)22-16(27)12-8-21-25(15(12)17(18,19)20)13-3-4-14(26)24-23-13/h3-8H,1-2H3,(H,22,27)(H,24,26). The second-order valence-corrected chi connectivity index (χ2v) is 5.93. The predicted octanol–water partition coefficient (Wildman–Crippen LogP) is 2.84. The van der Waals surface area contributed by atoms with E-state index in [1.54, 1.807) is 12.1 Å². The Morgan fingerprint density at radius 1 is 1.15 bits per heavy atom. The highest BCUT2D eigenvalue weighted by atomic mass is 19.4. The molecule has 0 saturated carbocycles. The van der Waals surface area contributed by atoms with Crippen LogP contribution in [0.4, 0.5) is 18.9 Å². The van der Waals surface area contributed by atoms with Gasteiger partial charge in [-0.25, -0.2) is 9.78 Å². The van der Waals surface area contributed by atoms with E-state index >= 15 is 0 Å². The van der Waals surface area contributed by atoms with Gasteiger partial charge in [0, 0.05) is 11.8 Å². The van der Waals surface area contributed by atoms with E-state index in [4.69, 9.17) is 0 Å². The number of amides is 1. The third kappa shape index (κ3) is 3.89. The van der Waals surface area contributed by atoms with Gasteiger partial charge in [-0.3, -0.25) is 9.59 Å². The average Bonchev–Trinajstić information content (AvgIpc) is 3.00. The van der Waals surface area contributed by atoms with Gasteiger partial charge in [0.05, 0.1) is 11.8 Å². The second kappa shape index (κ2) is 6.71. The fourth-order valence-corrected chi connectivity index (χ4v) is 2.66. The van der Waals surface area contributed by atoms with Gasteiger partial charge in [-0.05, 0) is 43.2 Å². The molecule has 0 spiro atoms. The Hall–Kier alpha value is -3.43. The average molecular weight is 377 g/mol. The van der Waals surface area contributed by atoms with Gasteiger partial charge < -0.3 is 5.32 Å². The first kappa shape index (κ1) is 18.4. The highest BCUT2D eigenvalue weighted by Crippen LogP contribution is 2.33. The van der Waals surface area contributed by atoms with Crippen LogP contribution in [0.2, 0.25) is 0 Å². The molecule has 3 aromatic rings. The molecule has 0 atom stereocenters. The number of aromatic nitrogens is 4. The molecule has 1 amide bonds.